The fourth-order valence-corrected chi connectivity index (χ4v) is 5.14. The number of esters is 1. The van der Waals surface area contributed by atoms with Gasteiger partial charge in [-0.05, 0) is 48.8 Å². The summed E-state index contributed by atoms with van der Waals surface area (Å²) < 4.78 is 27.1. The minimum Gasteiger partial charge on any atom is -0.496 e. The summed E-state index contributed by atoms with van der Waals surface area (Å²) in [5.41, 5.74) is 5.93. The third kappa shape index (κ3) is 3.41. The van der Waals surface area contributed by atoms with E-state index >= 15 is 0 Å². The number of hydrogen-bond acceptors (Lipinski definition) is 5. The smallest absolute Gasteiger partial charge is 0.306 e. The highest BCUT2D eigenvalue weighted by Gasteiger charge is 2.31. The van der Waals surface area contributed by atoms with Gasteiger partial charge in [0.15, 0.2) is 0 Å². The number of methoxy groups -OCH3 is 1. The standard InChI is InChI=1S/C26H27FN2O4/c1-13(2)8-23(30)33-12-18-22(32-4)10-21-25-17(11-29(21)26(18)31)16-7-5-6-15-14(3)19(27)9-20(28-25)24(15)16/h9-10,13H,5-8,11-12H2,1-4H3. The molecule has 2 aliphatic rings. The number of hydrogen-bond donors (Lipinski definition) is 0. The monoisotopic (exact) mass is 450 g/mol. The van der Waals surface area contributed by atoms with Gasteiger partial charge in [0.05, 0.1) is 36.1 Å². The van der Waals surface area contributed by atoms with Crippen molar-refractivity contribution < 1.29 is 18.7 Å². The molecule has 0 radical (unpaired) electrons. The summed E-state index contributed by atoms with van der Waals surface area (Å²) in [6.45, 7) is 5.95. The topological polar surface area (TPSA) is 70.4 Å². The molecule has 3 heterocycles. The van der Waals surface area contributed by atoms with E-state index < -0.39 is 0 Å². The highest BCUT2D eigenvalue weighted by atomic mass is 19.1. The summed E-state index contributed by atoms with van der Waals surface area (Å²) in [6.07, 6.45) is 2.94. The van der Waals surface area contributed by atoms with Gasteiger partial charge in [0.25, 0.3) is 5.56 Å². The molecule has 1 aliphatic carbocycles. The summed E-state index contributed by atoms with van der Waals surface area (Å²) in [4.78, 5) is 30.3. The molecule has 0 amide bonds. The minimum atomic E-state index is -0.345. The van der Waals surface area contributed by atoms with Crippen LogP contribution in [0.4, 0.5) is 4.39 Å². The molecule has 2 aromatic heterocycles. The van der Waals surface area contributed by atoms with E-state index in [0.717, 1.165) is 41.3 Å². The summed E-state index contributed by atoms with van der Waals surface area (Å²) >= 11 is 0. The average Bonchev–Trinajstić information content (AvgIpc) is 3.15. The van der Waals surface area contributed by atoms with Crippen LogP contribution < -0.4 is 10.3 Å². The van der Waals surface area contributed by atoms with Crippen molar-refractivity contribution >= 4 is 16.9 Å². The summed E-state index contributed by atoms with van der Waals surface area (Å²) in [5, 5.41) is 1.04. The van der Waals surface area contributed by atoms with Crippen molar-refractivity contribution in [3.8, 4) is 17.1 Å². The zero-order valence-corrected chi connectivity index (χ0v) is 19.4. The quantitative estimate of drug-likeness (QED) is 0.420. The summed E-state index contributed by atoms with van der Waals surface area (Å²) in [7, 11) is 1.49. The number of rotatable bonds is 5. The van der Waals surface area contributed by atoms with Gasteiger partial charge in [-0.15, -0.1) is 0 Å². The molecule has 172 valence electrons. The number of nitrogens with zero attached hydrogens (tertiary/aromatic N) is 2. The second-order valence-corrected chi connectivity index (χ2v) is 9.35. The van der Waals surface area contributed by atoms with Gasteiger partial charge in [-0.25, -0.2) is 9.37 Å². The SMILES string of the molecule is COc1cc2n(c(=O)c1COC(=O)CC(C)C)Cc1c-2nc2cc(F)c(C)c3c2c1CCC3. The lowest BCUT2D eigenvalue weighted by molar-refractivity contribution is -0.145. The lowest BCUT2D eigenvalue weighted by Gasteiger charge is -2.21. The van der Waals surface area contributed by atoms with Crippen LogP contribution in [0.5, 0.6) is 5.75 Å². The molecule has 1 aromatic carbocycles. The van der Waals surface area contributed by atoms with E-state index in [1.807, 2.05) is 20.8 Å². The molecule has 0 N–H and O–H groups in total. The fraction of sp³-hybridized carbons (Fsp3) is 0.423. The number of pyridine rings is 2. The number of ether oxygens (including phenoxy) is 2. The first-order valence-electron chi connectivity index (χ1n) is 11.4. The maximum absolute atomic E-state index is 14.6. The Morgan fingerprint density at radius 3 is 2.70 bits per heavy atom. The molecule has 3 aromatic rings. The second kappa shape index (κ2) is 7.97. The number of carbonyl (C=O) groups is 1. The third-order valence-electron chi connectivity index (χ3n) is 6.76. The Hall–Kier alpha value is -3.22. The lowest BCUT2D eigenvalue weighted by atomic mass is 9.85. The predicted molar refractivity (Wildman–Crippen MR) is 123 cm³/mol. The average molecular weight is 451 g/mol. The molecular weight excluding hydrogens is 423 g/mol. The maximum Gasteiger partial charge on any atom is 0.306 e. The van der Waals surface area contributed by atoms with Crippen molar-refractivity contribution in [2.24, 2.45) is 5.92 Å². The van der Waals surface area contributed by atoms with Crippen molar-refractivity contribution in [1.82, 2.24) is 9.55 Å². The van der Waals surface area contributed by atoms with Gasteiger partial charge < -0.3 is 14.0 Å². The molecule has 0 atom stereocenters. The van der Waals surface area contributed by atoms with E-state index in [4.69, 9.17) is 14.5 Å². The zero-order valence-electron chi connectivity index (χ0n) is 19.4. The van der Waals surface area contributed by atoms with Gasteiger partial charge in [0, 0.05) is 29.5 Å². The van der Waals surface area contributed by atoms with Crippen LogP contribution in [0.15, 0.2) is 16.9 Å². The molecule has 33 heavy (non-hydrogen) atoms. The second-order valence-electron chi connectivity index (χ2n) is 9.35. The Bertz CT molecular complexity index is 1370. The van der Waals surface area contributed by atoms with Crippen LogP contribution in [0.3, 0.4) is 0 Å². The van der Waals surface area contributed by atoms with E-state index in [-0.39, 0.29) is 36.3 Å². The Morgan fingerprint density at radius 2 is 1.97 bits per heavy atom. The van der Waals surface area contributed by atoms with Crippen molar-refractivity contribution in [2.75, 3.05) is 7.11 Å². The summed E-state index contributed by atoms with van der Waals surface area (Å²) in [6, 6.07) is 3.28. The molecule has 1 aliphatic heterocycles. The molecule has 0 saturated carbocycles. The zero-order chi connectivity index (χ0) is 23.4. The van der Waals surface area contributed by atoms with Gasteiger partial charge >= 0.3 is 5.97 Å². The summed E-state index contributed by atoms with van der Waals surface area (Å²) in [5.74, 6) is -0.0554. The highest BCUT2D eigenvalue weighted by molar-refractivity contribution is 5.92. The van der Waals surface area contributed by atoms with Crippen LogP contribution in [-0.4, -0.2) is 22.6 Å². The minimum absolute atomic E-state index is 0.138. The van der Waals surface area contributed by atoms with E-state index in [1.165, 1.54) is 13.2 Å². The first-order chi connectivity index (χ1) is 15.8. The third-order valence-corrected chi connectivity index (χ3v) is 6.76. The van der Waals surface area contributed by atoms with Crippen LogP contribution in [0.1, 0.15) is 54.5 Å². The largest absolute Gasteiger partial charge is 0.496 e. The van der Waals surface area contributed by atoms with Crippen LogP contribution in [-0.2, 0) is 35.5 Å². The Kier molecular flexibility index (Phi) is 5.22. The van der Waals surface area contributed by atoms with Gasteiger partial charge in [-0.3, -0.25) is 9.59 Å². The van der Waals surface area contributed by atoms with Gasteiger partial charge in [0.1, 0.15) is 18.2 Å². The first-order valence-corrected chi connectivity index (χ1v) is 11.4. The van der Waals surface area contributed by atoms with E-state index in [2.05, 4.69) is 0 Å². The molecule has 5 rings (SSSR count). The number of halogens is 1. The number of benzene rings is 1. The van der Waals surface area contributed by atoms with Crippen molar-refractivity contribution in [3.63, 3.8) is 0 Å². The first kappa shape index (κ1) is 21.6. The Balaban J connectivity index is 1.63. The van der Waals surface area contributed by atoms with Gasteiger partial charge in [0.2, 0.25) is 0 Å². The Labute approximate surface area is 191 Å². The van der Waals surface area contributed by atoms with Crippen LogP contribution in [0.25, 0.3) is 22.3 Å². The number of fused-ring (bicyclic) bond motifs is 4. The molecule has 0 bridgehead atoms. The molecule has 0 unspecified atom stereocenters. The number of aryl methyl sites for hydroxylation is 2. The molecule has 0 spiro atoms. The molecular formula is C26H27FN2O4. The highest BCUT2D eigenvalue weighted by Crippen LogP contribution is 2.41. The molecule has 0 saturated heterocycles. The lowest BCUT2D eigenvalue weighted by Crippen LogP contribution is -2.25. The Morgan fingerprint density at radius 1 is 1.21 bits per heavy atom. The van der Waals surface area contributed by atoms with Crippen LogP contribution in [0.2, 0.25) is 0 Å². The van der Waals surface area contributed by atoms with Crippen molar-refractivity contribution in [3.05, 3.63) is 56.1 Å². The molecule has 6 nitrogen and oxygen atoms in total. The number of carbonyl (C=O) groups excluding carboxylic acids is 1. The van der Waals surface area contributed by atoms with Crippen LogP contribution in [0, 0.1) is 18.7 Å². The van der Waals surface area contributed by atoms with Crippen molar-refractivity contribution in [2.45, 2.75) is 59.6 Å². The van der Waals surface area contributed by atoms with E-state index in [1.54, 1.807) is 10.6 Å². The number of aromatic nitrogens is 2. The van der Waals surface area contributed by atoms with E-state index in [0.29, 0.717) is 40.3 Å². The molecule has 0 fully saturated rings. The van der Waals surface area contributed by atoms with Gasteiger partial charge in [-0.2, -0.15) is 0 Å². The molecule has 7 heteroatoms. The fourth-order valence-electron chi connectivity index (χ4n) is 5.14. The van der Waals surface area contributed by atoms with Gasteiger partial charge in [-0.1, -0.05) is 13.8 Å². The van der Waals surface area contributed by atoms with Crippen molar-refractivity contribution in [1.29, 1.82) is 0 Å². The van der Waals surface area contributed by atoms with Crippen LogP contribution >= 0.6 is 0 Å². The normalized spacial score (nSPS) is 13.9. The maximum atomic E-state index is 14.6. The predicted octanol–water partition coefficient (Wildman–Crippen LogP) is 4.46. The van der Waals surface area contributed by atoms with E-state index in [9.17, 15) is 14.0 Å².